The van der Waals surface area contributed by atoms with Gasteiger partial charge in [0.1, 0.15) is 5.75 Å². The Hall–Kier alpha value is -4.38. The molecule has 11 heteroatoms. The maximum absolute atomic E-state index is 13.7. The molecule has 0 amide bonds. The minimum absolute atomic E-state index is 0.0985. The van der Waals surface area contributed by atoms with Crippen LogP contribution in [0.5, 0.6) is 17.2 Å². The summed E-state index contributed by atoms with van der Waals surface area (Å²) < 4.78 is 23.3. The number of ether oxygens (including phenoxy) is 4. The number of esters is 1. The summed E-state index contributed by atoms with van der Waals surface area (Å²) in [6.45, 7) is 3.27. The first-order chi connectivity index (χ1) is 17.9. The van der Waals surface area contributed by atoms with E-state index in [2.05, 4.69) is 4.99 Å². The Morgan fingerprint density at radius 2 is 1.95 bits per heavy atom. The summed E-state index contributed by atoms with van der Waals surface area (Å²) in [5.74, 6) is -0.0936. The molecule has 0 bridgehead atoms. The Morgan fingerprint density at radius 3 is 2.68 bits per heavy atom. The Morgan fingerprint density at radius 1 is 1.19 bits per heavy atom. The van der Waals surface area contributed by atoms with E-state index in [1.165, 1.54) is 15.9 Å². The lowest BCUT2D eigenvalue weighted by Gasteiger charge is -2.24. The minimum atomic E-state index is -1.07. The smallest absolute Gasteiger partial charge is 0.341 e. The zero-order chi connectivity index (χ0) is 26.1. The normalized spacial score (nSPS) is 16.3. The number of aromatic nitrogens is 1. The van der Waals surface area contributed by atoms with Gasteiger partial charge in [0.25, 0.3) is 5.56 Å². The van der Waals surface area contributed by atoms with E-state index in [1.807, 2.05) is 0 Å². The van der Waals surface area contributed by atoms with Crippen molar-refractivity contribution in [1.29, 1.82) is 0 Å². The van der Waals surface area contributed by atoms with Gasteiger partial charge in [0.2, 0.25) is 6.79 Å². The molecule has 3 heterocycles. The summed E-state index contributed by atoms with van der Waals surface area (Å²) in [6.07, 6.45) is 1.71. The standard InChI is InChI=1S/C26H22N2O8S/c1-3-33-25(32)22-14(2)27-26-28(23(22)16-6-9-18-19(11-16)36-13-35-18)24(31)20(37-26)10-15-4-7-17(8-5-15)34-12-21(29)30/h4-11,23H,3,12-13H2,1-2H3,(H,29,30)/b20-10+/t23-/m1/s1. The van der Waals surface area contributed by atoms with Crippen LogP contribution in [0.25, 0.3) is 6.08 Å². The third kappa shape index (κ3) is 4.73. The van der Waals surface area contributed by atoms with Crippen LogP contribution >= 0.6 is 11.3 Å². The minimum Gasteiger partial charge on any atom is -0.482 e. The molecule has 0 aliphatic carbocycles. The van der Waals surface area contributed by atoms with Crippen molar-refractivity contribution in [2.75, 3.05) is 20.0 Å². The Labute approximate surface area is 214 Å². The lowest BCUT2D eigenvalue weighted by molar-refractivity contribution is -0.140. The first-order valence-electron chi connectivity index (χ1n) is 11.4. The van der Waals surface area contributed by atoms with E-state index >= 15 is 0 Å². The molecule has 1 aromatic heterocycles. The molecule has 2 aromatic carbocycles. The molecular weight excluding hydrogens is 500 g/mol. The van der Waals surface area contributed by atoms with Crippen LogP contribution in [0.3, 0.4) is 0 Å². The lowest BCUT2D eigenvalue weighted by Crippen LogP contribution is -2.39. The van der Waals surface area contributed by atoms with Crippen molar-refractivity contribution in [2.45, 2.75) is 19.9 Å². The third-order valence-corrected chi connectivity index (χ3v) is 6.75. The van der Waals surface area contributed by atoms with Gasteiger partial charge in [0.15, 0.2) is 22.9 Å². The number of carboxylic acids is 1. The lowest BCUT2D eigenvalue weighted by atomic mass is 9.95. The third-order valence-electron chi connectivity index (χ3n) is 5.77. The summed E-state index contributed by atoms with van der Waals surface area (Å²) in [4.78, 5) is 42.4. The van der Waals surface area contributed by atoms with E-state index < -0.39 is 24.6 Å². The fourth-order valence-electron chi connectivity index (χ4n) is 4.15. The van der Waals surface area contributed by atoms with Crippen molar-refractivity contribution in [3.63, 3.8) is 0 Å². The Bertz CT molecular complexity index is 1600. The molecule has 190 valence electrons. The Balaban J connectivity index is 1.60. The number of benzene rings is 2. The van der Waals surface area contributed by atoms with Crippen molar-refractivity contribution < 1.29 is 33.6 Å². The predicted octanol–water partition coefficient (Wildman–Crippen LogP) is 1.99. The van der Waals surface area contributed by atoms with Crippen LogP contribution in [-0.2, 0) is 14.3 Å². The van der Waals surface area contributed by atoms with Gasteiger partial charge >= 0.3 is 11.9 Å². The van der Waals surface area contributed by atoms with Gasteiger partial charge in [-0.15, -0.1) is 0 Å². The number of carbonyl (C=O) groups excluding carboxylic acids is 1. The number of thiazole rings is 1. The topological polar surface area (TPSA) is 126 Å². The number of allylic oxidation sites excluding steroid dienone is 1. The summed E-state index contributed by atoms with van der Waals surface area (Å²) >= 11 is 1.21. The van der Waals surface area contributed by atoms with E-state index in [9.17, 15) is 14.4 Å². The van der Waals surface area contributed by atoms with E-state index in [1.54, 1.807) is 62.4 Å². The first kappa shape index (κ1) is 24.3. The molecule has 0 unspecified atom stereocenters. The number of rotatable bonds is 7. The second kappa shape index (κ2) is 9.94. The second-order valence-electron chi connectivity index (χ2n) is 8.17. The largest absolute Gasteiger partial charge is 0.482 e. The number of carboxylic acid groups (broad SMARTS) is 1. The second-order valence-corrected chi connectivity index (χ2v) is 9.18. The highest BCUT2D eigenvalue weighted by atomic mass is 32.1. The number of hydrogen-bond acceptors (Lipinski definition) is 9. The average Bonchev–Trinajstić information content (AvgIpc) is 3.46. The van der Waals surface area contributed by atoms with Crippen molar-refractivity contribution in [1.82, 2.24) is 4.57 Å². The number of aliphatic carboxylic acids is 1. The molecule has 2 aliphatic heterocycles. The van der Waals surface area contributed by atoms with Gasteiger partial charge in [-0.25, -0.2) is 14.6 Å². The van der Waals surface area contributed by atoms with E-state index in [0.29, 0.717) is 43.4 Å². The quantitative estimate of drug-likeness (QED) is 0.467. The molecule has 1 N–H and O–H groups in total. The molecule has 1 atom stereocenters. The van der Waals surface area contributed by atoms with E-state index in [-0.39, 0.29) is 24.5 Å². The first-order valence-corrected chi connectivity index (χ1v) is 12.2. The molecule has 0 saturated heterocycles. The highest BCUT2D eigenvalue weighted by Gasteiger charge is 2.34. The van der Waals surface area contributed by atoms with Gasteiger partial charge in [0.05, 0.1) is 28.5 Å². The molecule has 0 saturated carbocycles. The summed E-state index contributed by atoms with van der Waals surface area (Å²) in [5.41, 5.74) is 1.81. The van der Waals surface area contributed by atoms with Crippen LogP contribution in [0.4, 0.5) is 0 Å². The zero-order valence-corrected chi connectivity index (χ0v) is 20.7. The number of carbonyl (C=O) groups is 2. The van der Waals surface area contributed by atoms with Crippen LogP contribution in [0.1, 0.15) is 31.0 Å². The molecular formula is C26H22N2O8S. The zero-order valence-electron chi connectivity index (χ0n) is 19.9. The van der Waals surface area contributed by atoms with Crippen LogP contribution < -0.4 is 29.1 Å². The number of nitrogens with zero attached hydrogens (tertiary/aromatic N) is 2. The SMILES string of the molecule is CCOC(=O)C1=C(C)N=c2s/c(=C/c3ccc(OCC(=O)O)cc3)c(=O)n2[C@@H]1c1ccc2c(c1)OCO2. The van der Waals surface area contributed by atoms with Crippen molar-refractivity contribution in [3.05, 3.63) is 84.5 Å². The monoisotopic (exact) mass is 522 g/mol. The van der Waals surface area contributed by atoms with Gasteiger partial charge in [-0.1, -0.05) is 29.5 Å². The van der Waals surface area contributed by atoms with Gasteiger partial charge in [-0.2, -0.15) is 0 Å². The molecule has 37 heavy (non-hydrogen) atoms. The van der Waals surface area contributed by atoms with Crippen molar-refractivity contribution in [3.8, 4) is 17.2 Å². The van der Waals surface area contributed by atoms with Crippen molar-refractivity contribution >= 4 is 29.4 Å². The molecule has 0 fully saturated rings. The van der Waals surface area contributed by atoms with Gasteiger partial charge in [-0.3, -0.25) is 9.36 Å². The Kier molecular flexibility index (Phi) is 6.53. The molecule has 10 nitrogen and oxygen atoms in total. The average molecular weight is 523 g/mol. The molecule has 0 spiro atoms. The van der Waals surface area contributed by atoms with Gasteiger partial charge < -0.3 is 24.1 Å². The molecule has 0 radical (unpaired) electrons. The highest BCUT2D eigenvalue weighted by Crippen LogP contribution is 2.38. The highest BCUT2D eigenvalue weighted by molar-refractivity contribution is 7.07. The fourth-order valence-corrected chi connectivity index (χ4v) is 5.19. The summed E-state index contributed by atoms with van der Waals surface area (Å²) in [5, 5.41) is 8.76. The maximum Gasteiger partial charge on any atom is 0.341 e. The fraction of sp³-hybridized carbons (Fsp3) is 0.231. The summed E-state index contributed by atoms with van der Waals surface area (Å²) in [6, 6.07) is 11.2. The van der Waals surface area contributed by atoms with Crippen LogP contribution in [0, 0.1) is 0 Å². The van der Waals surface area contributed by atoms with E-state index in [4.69, 9.17) is 24.1 Å². The summed E-state index contributed by atoms with van der Waals surface area (Å²) in [7, 11) is 0. The van der Waals surface area contributed by atoms with Gasteiger partial charge in [-0.05, 0) is 55.3 Å². The van der Waals surface area contributed by atoms with E-state index in [0.717, 1.165) is 0 Å². The van der Waals surface area contributed by atoms with Crippen LogP contribution in [0.15, 0.2) is 63.5 Å². The molecule has 3 aromatic rings. The molecule has 5 rings (SSSR count). The van der Waals surface area contributed by atoms with Crippen molar-refractivity contribution in [2.24, 2.45) is 4.99 Å². The van der Waals surface area contributed by atoms with Crippen LogP contribution in [0.2, 0.25) is 0 Å². The van der Waals surface area contributed by atoms with Gasteiger partial charge in [0, 0.05) is 0 Å². The van der Waals surface area contributed by atoms with Crippen LogP contribution in [-0.4, -0.2) is 41.6 Å². The molecule has 2 aliphatic rings. The number of hydrogen-bond donors (Lipinski definition) is 1. The predicted molar refractivity (Wildman–Crippen MR) is 133 cm³/mol. The number of fused-ring (bicyclic) bond motifs is 2. The maximum atomic E-state index is 13.7.